The molecule has 0 radical (unpaired) electrons. The van der Waals surface area contributed by atoms with Gasteiger partial charge >= 0.3 is 0 Å². The molecule has 258 valence electrons. The van der Waals surface area contributed by atoms with Crippen LogP contribution in [0.15, 0.2) is 182 Å². The van der Waals surface area contributed by atoms with Crippen molar-refractivity contribution in [2.45, 2.75) is 0 Å². The van der Waals surface area contributed by atoms with Gasteiger partial charge in [0.05, 0.1) is 5.69 Å². The monoisotopic (exact) mass is 722 g/mol. The van der Waals surface area contributed by atoms with Gasteiger partial charge in [0.15, 0.2) is 17.5 Å². The highest BCUT2D eigenvalue weighted by Crippen LogP contribution is 2.51. The Hall–Kier alpha value is -7.15. The summed E-state index contributed by atoms with van der Waals surface area (Å²) >= 11 is 1.83. The zero-order valence-corrected chi connectivity index (χ0v) is 30.2. The predicted octanol–water partition coefficient (Wildman–Crippen LogP) is 13.6. The molecular formula is C49H30N4OS. The number of hydrogen-bond acceptors (Lipinski definition) is 6. The third kappa shape index (κ3) is 5.34. The molecule has 3 heterocycles. The van der Waals surface area contributed by atoms with E-state index in [0.29, 0.717) is 17.5 Å². The molecule has 0 saturated carbocycles. The van der Waals surface area contributed by atoms with Crippen molar-refractivity contribution in [2.75, 3.05) is 4.90 Å². The molecule has 0 aliphatic carbocycles. The summed E-state index contributed by atoms with van der Waals surface area (Å²) in [4.78, 5) is 17.3. The fourth-order valence-electron chi connectivity index (χ4n) is 7.75. The molecule has 0 bridgehead atoms. The van der Waals surface area contributed by atoms with E-state index in [1.165, 1.54) is 20.2 Å². The molecule has 0 saturated heterocycles. The molecule has 11 rings (SSSR count). The van der Waals surface area contributed by atoms with Crippen LogP contribution >= 0.6 is 11.3 Å². The molecule has 8 aromatic carbocycles. The molecule has 0 atom stereocenters. The van der Waals surface area contributed by atoms with Crippen molar-refractivity contribution >= 4 is 59.3 Å². The molecule has 0 N–H and O–H groups in total. The standard InChI is InChI=1S/C49H30N4OS/c1-4-13-31(14-5-1)47-50-48(32-15-6-2-7-16-32)52-49(51-47)33-23-27-42-40(29-33)38-20-12-21-39-41(26-28-43(54-42)46(38)39)53(34-17-8-3-9-18-34)35-24-25-37-36-19-10-11-22-44(36)55-45(37)30-35/h1-30H. The summed E-state index contributed by atoms with van der Waals surface area (Å²) in [5.74, 6) is 3.50. The Morgan fingerprint density at radius 3 is 1.76 bits per heavy atom. The molecule has 1 aliphatic heterocycles. The molecule has 1 aliphatic rings. The van der Waals surface area contributed by atoms with Gasteiger partial charge < -0.3 is 9.64 Å². The van der Waals surface area contributed by atoms with E-state index in [4.69, 9.17) is 19.7 Å². The average molecular weight is 723 g/mol. The van der Waals surface area contributed by atoms with Gasteiger partial charge in [0.25, 0.3) is 0 Å². The van der Waals surface area contributed by atoms with Crippen molar-refractivity contribution in [3.8, 4) is 56.8 Å². The predicted molar refractivity (Wildman–Crippen MR) is 227 cm³/mol. The van der Waals surface area contributed by atoms with E-state index < -0.39 is 0 Å². The second-order valence-corrected chi connectivity index (χ2v) is 14.7. The van der Waals surface area contributed by atoms with Crippen molar-refractivity contribution in [1.82, 2.24) is 15.0 Å². The SMILES string of the molecule is c1ccc(-c2nc(-c3ccccc3)nc(-c3ccc4c(c3)-c3cccc5c(N(c6ccccc6)c6ccc7c(c6)sc6ccccc67)ccc(c35)O4)n2)cc1. The Morgan fingerprint density at radius 1 is 0.400 bits per heavy atom. The highest BCUT2D eigenvalue weighted by atomic mass is 32.1. The summed E-state index contributed by atoms with van der Waals surface area (Å²) in [6.07, 6.45) is 0. The summed E-state index contributed by atoms with van der Waals surface area (Å²) in [7, 11) is 0. The molecule has 0 fully saturated rings. The van der Waals surface area contributed by atoms with Crippen LogP contribution in [0.5, 0.6) is 11.5 Å². The van der Waals surface area contributed by atoms with Crippen LogP contribution in [0, 0.1) is 0 Å². The van der Waals surface area contributed by atoms with Crippen molar-refractivity contribution in [3.63, 3.8) is 0 Å². The number of hydrogen-bond donors (Lipinski definition) is 0. The maximum atomic E-state index is 6.69. The first-order chi connectivity index (χ1) is 27.2. The van der Waals surface area contributed by atoms with Gasteiger partial charge in [-0.25, -0.2) is 15.0 Å². The highest BCUT2D eigenvalue weighted by Gasteiger charge is 2.25. The van der Waals surface area contributed by atoms with Crippen LogP contribution in [0.1, 0.15) is 0 Å². The molecule has 6 heteroatoms. The molecule has 55 heavy (non-hydrogen) atoms. The van der Waals surface area contributed by atoms with Gasteiger partial charge in [-0.1, -0.05) is 121 Å². The van der Waals surface area contributed by atoms with Crippen molar-refractivity contribution in [2.24, 2.45) is 0 Å². The maximum Gasteiger partial charge on any atom is 0.164 e. The summed E-state index contributed by atoms with van der Waals surface area (Å²) in [6, 6.07) is 63.3. The van der Waals surface area contributed by atoms with E-state index in [1.807, 2.05) is 84.1 Å². The van der Waals surface area contributed by atoms with Gasteiger partial charge in [-0.15, -0.1) is 11.3 Å². The lowest BCUT2D eigenvalue weighted by Gasteiger charge is -2.29. The summed E-state index contributed by atoms with van der Waals surface area (Å²) in [6.45, 7) is 0. The minimum absolute atomic E-state index is 0.606. The number of rotatable bonds is 6. The maximum absolute atomic E-state index is 6.69. The highest BCUT2D eigenvalue weighted by molar-refractivity contribution is 7.25. The summed E-state index contributed by atoms with van der Waals surface area (Å²) in [5.41, 5.74) is 8.12. The van der Waals surface area contributed by atoms with Gasteiger partial charge in [-0.2, -0.15) is 0 Å². The number of aromatic nitrogens is 3. The third-order valence-electron chi connectivity index (χ3n) is 10.3. The Bertz CT molecular complexity index is 3010. The first-order valence-corrected chi connectivity index (χ1v) is 19.1. The topological polar surface area (TPSA) is 51.1 Å². The van der Waals surface area contributed by atoms with Crippen LogP contribution < -0.4 is 9.64 Å². The number of ether oxygens (including phenoxy) is 1. The third-order valence-corrected chi connectivity index (χ3v) is 11.4. The lowest BCUT2D eigenvalue weighted by molar-refractivity contribution is 0.487. The normalized spacial score (nSPS) is 11.8. The quantitative estimate of drug-likeness (QED) is 0.171. The van der Waals surface area contributed by atoms with Gasteiger partial charge in [-0.05, 0) is 66.2 Å². The van der Waals surface area contributed by atoms with Gasteiger partial charge in [0.1, 0.15) is 11.5 Å². The summed E-state index contributed by atoms with van der Waals surface area (Å²) < 4.78 is 9.25. The molecular weight excluding hydrogens is 693 g/mol. The van der Waals surface area contributed by atoms with E-state index >= 15 is 0 Å². The molecule has 2 aromatic heterocycles. The van der Waals surface area contributed by atoms with E-state index in [-0.39, 0.29) is 0 Å². The second kappa shape index (κ2) is 12.8. The fourth-order valence-corrected chi connectivity index (χ4v) is 8.89. The lowest BCUT2D eigenvalue weighted by Crippen LogP contribution is -2.11. The largest absolute Gasteiger partial charge is 0.456 e. The molecule has 5 nitrogen and oxygen atoms in total. The second-order valence-electron chi connectivity index (χ2n) is 13.6. The number of anilines is 3. The van der Waals surface area contributed by atoms with Gasteiger partial charge in [0.2, 0.25) is 0 Å². The molecule has 0 spiro atoms. The van der Waals surface area contributed by atoms with Crippen molar-refractivity contribution < 1.29 is 4.74 Å². The van der Waals surface area contributed by atoms with Gasteiger partial charge in [-0.3, -0.25) is 0 Å². The molecule has 10 aromatic rings. The lowest BCUT2D eigenvalue weighted by atomic mass is 9.92. The minimum atomic E-state index is 0.606. The van der Waals surface area contributed by atoms with Crippen LogP contribution in [0.25, 0.3) is 76.2 Å². The number of thiophene rings is 1. The van der Waals surface area contributed by atoms with Crippen LogP contribution in [-0.4, -0.2) is 15.0 Å². The Kier molecular flexibility index (Phi) is 7.28. The number of nitrogens with zero attached hydrogens (tertiary/aromatic N) is 4. The van der Waals surface area contributed by atoms with Crippen LogP contribution in [0.2, 0.25) is 0 Å². The van der Waals surface area contributed by atoms with E-state index in [0.717, 1.165) is 67.2 Å². The Labute approximate surface area is 321 Å². The zero-order chi connectivity index (χ0) is 36.3. The zero-order valence-electron chi connectivity index (χ0n) is 29.4. The fraction of sp³-hybridized carbons (Fsp3) is 0. The average Bonchev–Trinajstić information content (AvgIpc) is 3.63. The summed E-state index contributed by atoms with van der Waals surface area (Å²) in [5, 5.41) is 4.74. The first-order valence-electron chi connectivity index (χ1n) is 18.3. The van der Waals surface area contributed by atoms with Crippen molar-refractivity contribution in [3.05, 3.63) is 182 Å². The number of fused-ring (bicyclic) bond motifs is 5. The van der Waals surface area contributed by atoms with Crippen LogP contribution in [-0.2, 0) is 0 Å². The Morgan fingerprint density at radius 2 is 1.02 bits per heavy atom. The molecule has 0 unspecified atom stereocenters. The number of benzene rings is 8. The van der Waals surface area contributed by atoms with Crippen molar-refractivity contribution in [1.29, 1.82) is 0 Å². The minimum Gasteiger partial charge on any atom is -0.456 e. The number of para-hydroxylation sites is 1. The Balaban J connectivity index is 1.07. The van der Waals surface area contributed by atoms with Gasteiger partial charge in [0, 0.05) is 64.6 Å². The van der Waals surface area contributed by atoms with E-state index in [9.17, 15) is 0 Å². The smallest absolute Gasteiger partial charge is 0.164 e. The molecule has 0 amide bonds. The van der Waals surface area contributed by atoms with Crippen LogP contribution in [0.4, 0.5) is 17.1 Å². The van der Waals surface area contributed by atoms with E-state index in [2.05, 4.69) is 114 Å². The van der Waals surface area contributed by atoms with E-state index in [1.54, 1.807) is 0 Å². The first kappa shape index (κ1) is 31.4. The van der Waals surface area contributed by atoms with Crippen LogP contribution in [0.3, 0.4) is 0 Å².